The summed E-state index contributed by atoms with van der Waals surface area (Å²) in [5.74, 6) is 1.89. The number of thioether (sulfide) groups is 1. The van der Waals surface area contributed by atoms with E-state index < -0.39 is 15.9 Å². The third-order valence-electron chi connectivity index (χ3n) is 4.03. The molecule has 3 rings (SSSR count). The van der Waals surface area contributed by atoms with Crippen LogP contribution < -0.4 is 5.32 Å². The average molecular weight is 415 g/mol. The van der Waals surface area contributed by atoms with Gasteiger partial charge in [0.2, 0.25) is 10.0 Å². The summed E-state index contributed by atoms with van der Waals surface area (Å²) < 4.78 is 32.2. The van der Waals surface area contributed by atoms with Gasteiger partial charge in [0, 0.05) is 37.6 Å². The molecule has 1 aromatic heterocycles. The SMILES string of the molecule is O=C(NCCc1ccco1)c1cc(S(=O)(=O)N2CCSCC2)ccc1Cl. The summed E-state index contributed by atoms with van der Waals surface area (Å²) in [7, 11) is -3.62. The number of carbonyl (C=O) groups is 1. The zero-order valence-electron chi connectivity index (χ0n) is 14.0. The number of amides is 1. The quantitative estimate of drug-likeness (QED) is 0.786. The molecule has 1 N–H and O–H groups in total. The summed E-state index contributed by atoms with van der Waals surface area (Å²) in [6.07, 6.45) is 2.11. The Kier molecular flexibility index (Phi) is 6.29. The molecular formula is C17H19ClN2O4S2. The lowest BCUT2D eigenvalue weighted by Gasteiger charge is -2.25. The summed E-state index contributed by atoms with van der Waals surface area (Å²) >= 11 is 7.84. The van der Waals surface area contributed by atoms with Crippen molar-refractivity contribution in [3.63, 3.8) is 0 Å². The summed E-state index contributed by atoms with van der Waals surface area (Å²) in [6, 6.07) is 7.85. The molecule has 2 aromatic rings. The average Bonchev–Trinajstić information content (AvgIpc) is 3.16. The van der Waals surface area contributed by atoms with E-state index in [1.165, 1.54) is 22.5 Å². The number of nitrogens with one attached hydrogen (secondary N) is 1. The van der Waals surface area contributed by atoms with Crippen LogP contribution in [0.1, 0.15) is 16.1 Å². The van der Waals surface area contributed by atoms with Gasteiger partial charge in [-0.15, -0.1) is 0 Å². The molecule has 2 heterocycles. The molecule has 1 aliphatic heterocycles. The molecule has 1 aliphatic rings. The van der Waals surface area contributed by atoms with Gasteiger partial charge in [-0.25, -0.2) is 8.42 Å². The number of furan rings is 1. The molecule has 9 heteroatoms. The Morgan fingerprint density at radius 3 is 2.73 bits per heavy atom. The van der Waals surface area contributed by atoms with Crippen LogP contribution in [0.4, 0.5) is 0 Å². The first kappa shape index (κ1) is 19.3. The van der Waals surface area contributed by atoms with E-state index >= 15 is 0 Å². The Hall–Kier alpha value is -1.48. The Morgan fingerprint density at radius 1 is 1.27 bits per heavy atom. The van der Waals surface area contributed by atoms with Gasteiger partial charge < -0.3 is 9.73 Å². The number of carbonyl (C=O) groups excluding carboxylic acids is 1. The first-order valence-corrected chi connectivity index (χ1v) is 11.1. The van der Waals surface area contributed by atoms with Gasteiger partial charge in [0.05, 0.1) is 21.7 Å². The van der Waals surface area contributed by atoms with Crippen LogP contribution >= 0.6 is 23.4 Å². The van der Waals surface area contributed by atoms with Gasteiger partial charge in [0.25, 0.3) is 5.91 Å². The van der Waals surface area contributed by atoms with Gasteiger partial charge in [-0.3, -0.25) is 4.79 Å². The summed E-state index contributed by atoms with van der Waals surface area (Å²) in [6.45, 7) is 1.31. The molecule has 0 bridgehead atoms. The van der Waals surface area contributed by atoms with E-state index in [4.69, 9.17) is 16.0 Å². The first-order chi connectivity index (χ1) is 12.5. The molecular weight excluding hydrogens is 396 g/mol. The number of hydrogen-bond acceptors (Lipinski definition) is 5. The second kappa shape index (κ2) is 8.47. The van der Waals surface area contributed by atoms with E-state index in [1.54, 1.807) is 24.1 Å². The molecule has 0 aliphatic carbocycles. The van der Waals surface area contributed by atoms with Crippen LogP contribution in [0.2, 0.25) is 5.02 Å². The lowest BCUT2D eigenvalue weighted by molar-refractivity contribution is 0.0953. The van der Waals surface area contributed by atoms with Crippen LogP contribution in [0, 0.1) is 0 Å². The fourth-order valence-electron chi connectivity index (χ4n) is 2.62. The smallest absolute Gasteiger partial charge is 0.252 e. The fourth-order valence-corrected chi connectivity index (χ4v) is 5.43. The Bertz CT molecular complexity index is 863. The number of hydrogen-bond donors (Lipinski definition) is 1. The first-order valence-electron chi connectivity index (χ1n) is 8.16. The highest BCUT2D eigenvalue weighted by atomic mass is 35.5. The largest absolute Gasteiger partial charge is 0.469 e. The van der Waals surface area contributed by atoms with Crippen molar-refractivity contribution in [3.8, 4) is 0 Å². The van der Waals surface area contributed by atoms with Crippen molar-refractivity contribution in [1.29, 1.82) is 0 Å². The Labute approximate surface area is 161 Å². The molecule has 1 saturated heterocycles. The predicted molar refractivity (Wildman–Crippen MR) is 102 cm³/mol. The van der Waals surface area contributed by atoms with Gasteiger partial charge in [0.15, 0.2) is 0 Å². The molecule has 26 heavy (non-hydrogen) atoms. The van der Waals surface area contributed by atoms with E-state index in [1.807, 2.05) is 6.07 Å². The van der Waals surface area contributed by atoms with Crippen molar-refractivity contribution in [2.75, 3.05) is 31.1 Å². The normalized spacial score (nSPS) is 15.7. The minimum Gasteiger partial charge on any atom is -0.469 e. The Balaban J connectivity index is 1.73. The number of rotatable bonds is 6. The van der Waals surface area contributed by atoms with Gasteiger partial charge >= 0.3 is 0 Å². The molecule has 6 nitrogen and oxygen atoms in total. The number of nitrogens with zero attached hydrogens (tertiary/aromatic N) is 1. The maximum atomic E-state index is 12.8. The second-order valence-electron chi connectivity index (χ2n) is 5.74. The van der Waals surface area contributed by atoms with Crippen LogP contribution in [-0.4, -0.2) is 49.8 Å². The van der Waals surface area contributed by atoms with Crippen molar-refractivity contribution in [1.82, 2.24) is 9.62 Å². The van der Waals surface area contributed by atoms with Crippen molar-refractivity contribution in [2.24, 2.45) is 0 Å². The standard InChI is InChI=1S/C17H19ClN2O4S2/c18-16-4-3-14(26(22,23)20-7-10-25-11-8-20)12-15(16)17(21)19-6-5-13-2-1-9-24-13/h1-4,9,12H,5-8,10-11H2,(H,19,21). The topological polar surface area (TPSA) is 79.6 Å². The van der Waals surface area contributed by atoms with Crippen LogP contribution in [0.25, 0.3) is 0 Å². The molecule has 1 aromatic carbocycles. The van der Waals surface area contributed by atoms with Crippen LogP contribution in [-0.2, 0) is 16.4 Å². The zero-order valence-corrected chi connectivity index (χ0v) is 16.4. The predicted octanol–water partition coefficient (Wildman–Crippen LogP) is 2.64. The van der Waals surface area contributed by atoms with E-state index in [9.17, 15) is 13.2 Å². The van der Waals surface area contributed by atoms with Crippen molar-refractivity contribution in [3.05, 3.63) is 52.9 Å². The van der Waals surface area contributed by atoms with E-state index in [2.05, 4.69) is 5.32 Å². The van der Waals surface area contributed by atoms with Gasteiger partial charge in [-0.1, -0.05) is 11.6 Å². The highest BCUT2D eigenvalue weighted by molar-refractivity contribution is 7.99. The lowest BCUT2D eigenvalue weighted by atomic mass is 10.2. The third kappa shape index (κ3) is 4.43. The highest BCUT2D eigenvalue weighted by Gasteiger charge is 2.27. The van der Waals surface area contributed by atoms with Crippen molar-refractivity contribution >= 4 is 39.3 Å². The molecule has 0 atom stereocenters. The molecule has 0 spiro atoms. The number of halogens is 1. The monoisotopic (exact) mass is 414 g/mol. The third-order valence-corrected chi connectivity index (χ3v) is 7.19. The fraction of sp³-hybridized carbons (Fsp3) is 0.353. The molecule has 0 saturated carbocycles. The van der Waals surface area contributed by atoms with E-state index in [-0.39, 0.29) is 15.5 Å². The number of sulfonamides is 1. The van der Waals surface area contributed by atoms with Gasteiger partial charge in [-0.2, -0.15) is 16.1 Å². The Morgan fingerprint density at radius 2 is 2.04 bits per heavy atom. The maximum absolute atomic E-state index is 12.8. The zero-order chi connectivity index (χ0) is 18.6. The lowest BCUT2D eigenvalue weighted by Crippen LogP contribution is -2.38. The maximum Gasteiger partial charge on any atom is 0.252 e. The summed E-state index contributed by atoms with van der Waals surface area (Å²) in [5, 5.41) is 2.96. The van der Waals surface area contributed by atoms with Crippen LogP contribution in [0.5, 0.6) is 0 Å². The van der Waals surface area contributed by atoms with E-state index in [0.717, 1.165) is 17.3 Å². The van der Waals surface area contributed by atoms with Gasteiger partial charge in [-0.05, 0) is 30.3 Å². The minimum absolute atomic E-state index is 0.0879. The van der Waals surface area contributed by atoms with Crippen molar-refractivity contribution < 1.29 is 17.6 Å². The van der Waals surface area contributed by atoms with Crippen LogP contribution in [0.15, 0.2) is 45.9 Å². The molecule has 0 radical (unpaired) electrons. The molecule has 140 valence electrons. The van der Waals surface area contributed by atoms with Crippen LogP contribution in [0.3, 0.4) is 0 Å². The summed E-state index contributed by atoms with van der Waals surface area (Å²) in [5.41, 5.74) is 0.151. The summed E-state index contributed by atoms with van der Waals surface area (Å²) in [4.78, 5) is 12.5. The van der Waals surface area contributed by atoms with E-state index in [0.29, 0.717) is 26.1 Å². The molecule has 1 amide bonds. The van der Waals surface area contributed by atoms with Crippen molar-refractivity contribution in [2.45, 2.75) is 11.3 Å². The minimum atomic E-state index is -3.62. The molecule has 0 unspecified atom stereocenters. The molecule has 1 fully saturated rings. The highest BCUT2D eigenvalue weighted by Crippen LogP contribution is 2.24. The van der Waals surface area contributed by atoms with Gasteiger partial charge in [0.1, 0.15) is 5.76 Å². The number of benzene rings is 1. The second-order valence-corrected chi connectivity index (χ2v) is 9.31.